The van der Waals surface area contributed by atoms with Crippen molar-refractivity contribution in [1.29, 1.82) is 0 Å². The Kier molecular flexibility index (Phi) is 2.91. The van der Waals surface area contributed by atoms with Crippen molar-refractivity contribution in [2.75, 3.05) is 0 Å². The number of nitrogens with one attached hydrogen (secondary N) is 1. The molecule has 0 unspecified atom stereocenters. The van der Waals surface area contributed by atoms with E-state index < -0.39 is 0 Å². The average molecular weight is 237 g/mol. The number of nitrogens with zero attached hydrogens (tertiary/aromatic N) is 4. The molecule has 0 bridgehead atoms. The maximum atomic E-state index is 5.21. The molecular weight excluding hydrogens is 222 g/mol. The van der Waals surface area contributed by atoms with E-state index in [1.807, 2.05) is 23.9 Å². The van der Waals surface area contributed by atoms with Crippen LogP contribution in [-0.4, -0.2) is 24.5 Å². The van der Waals surface area contributed by atoms with Gasteiger partial charge in [-0.3, -0.25) is 14.3 Å². The maximum Gasteiger partial charge on any atom is 0.195 e. The summed E-state index contributed by atoms with van der Waals surface area (Å²) >= 11 is 5.21. The van der Waals surface area contributed by atoms with Crippen molar-refractivity contribution in [1.82, 2.24) is 24.5 Å². The van der Waals surface area contributed by atoms with E-state index in [0.29, 0.717) is 17.2 Å². The average Bonchev–Trinajstić information content (AvgIpc) is 2.76. The summed E-state index contributed by atoms with van der Waals surface area (Å²) in [6.07, 6.45) is 1.92. The van der Waals surface area contributed by atoms with E-state index in [-0.39, 0.29) is 0 Å². The van der Waals surface area contributed by atoms with Crippen LogP contribution in [0.1, 0.15) is 31.3 Å². The number of H-pyrrole nitrogens is 1. The summed E-state index contributed by atoms with van der Waals surface area (Å²) in [7, 11) is 1.90. The molecule has 6 heteroatoms. The molecule has 0 aromatic carbocycles. The van der Waals surface area contributed by atoms with Gasteiger partial charge in [0.15, 0.2) is 4.77 Å². The summed E-state index contributed by atoms with van der Waals surface area (Å²) in [6.45, 7) is 4.86. The Balaban J connectivity index is 2.33. The minimum atomic E-state index is 0.344. The molecule has 0 aliphatic carbocycles. The number of rotatable bonds is 3. The van der Waals surface area contributed by atoms with Gasteiger partial charge in [0.1, 0.15) is 5.82 Å². The van der Waals surface area contributed by atoms with Gasteiger partial charge in [0.05, 0.1) is 12.2 Å². The molecule has 2 aromatic heterocycles. The lowest BCUT2D eigenvalue weighted by molar-refractivity contribution is 0.642. The van der Waals surface area contributed by atoms with Gasteiger partial charge < -0.3 is 0 Å². The molecule has 0 radical (unpaired) electrons. The molecule has 0 saturated heterocycles. The molecule has 0 amide bonds. The van der Waals surface area contributed by atoms with Crippen molar-refractivity contribution in [3.63, 3.8) is 0 Å². The van der Waals surface area contributed by atoms with E-state index in [1.165, 1.54) is 0 Å². The Hall–Kier alpha value is -1.43. The summed E-state index contributed by atoms with van der Waals surface area (Å²) in [4.78, 5) is 0. The molecule has 2 aromatic rings. The number of hydrogen-bond donors (Lipinski definition) is 1. The quantitative estimate of drug-likeness (QED) is 0.829. The van der Waals surface area contributed by atoms with E-state index in [2.05, 4.69) is 29.1 Å². The van der Waals surface area contributed by atoms with Crippen LogP contribution in [0.2, 0.25) is 0 Å². The van der Waals surface area contributed by atoms with Gasteiger partial charge >= 0.3 is 0 Å². The highest BCUT2D eigenvalue weighted by Crippen LogP contribution is 2.13. The molecule has 1 N–H and O–H groups in total. The molecule has 0 atom stereocenters. The largest absolute Gasteiger partial charge is 0.298 e. The van der Waals surface area contributed by atoms with Crippen LogP contribution in [0.4, 0.5) is 0 Å². The number of hydrogen-bond acceptors (Lipinski definition) is 3. The number of aryl methyl sites for hydroxylation is 1. The van der Waals surface area contributed by atoms with Crippen molar-refractivity contribution >= 4 is 12.2 Å². The fourth-order valence-corrected chi connectivity index (χ4v) is 1.84. The van der Waals surface area contributed by atoms with Gasteiger partial charge in [-0.1, -0.05) is 13.8 Å². The summed E-state index contributed by atoms with van der Waals surface area (Å²) in [5, 5.41) is 11.4. The molecule has 16 heavy (non-hydrogen) atoms. The fraction of sp³-hybridized carbons (Fsp3) is 0.500. The second-order valence-electron chi connectivity index (χ2n) is 4.11. The highest BCUT2D eigenvalue weighted by molar-refractivity contribution is 7.71. The van der Waals surface area contributed by atoms with Crippen LogP contribution >= 0.6 is 12.2 Å². The normalized spacial score (nSPS) is 11.2. The Bertz CT molecular complexity index is 533. The molecule has 0 aliphatic heterocycles. The molecule has 2 heterocycles. The maximum absolute atomic E-state index is 5.21. The summed E-state index contributed by atoms with van der Waals surface area (Å²) < 4.78 is 4.42. The summed E-state index contributed by atoms with van der Waals surface area (Å²) in [6, 6.07) is 1.98. The van der Waals surface area contributed by atoms with E-state index in [0.717, 1.165) is 11.5 Å². The van der Waals surface area contributed by atoms with E-state index >= 15 is 0 Å². The van der Waals surface area contributed by atoms with Gasteiger partial charge in [-0.25, -0.2) is 0 Å². The third-order valence-corrected chi connectivity index (χ3v) is 2.70. The topological polar surface area (TPSA) is 51.4 Å². The van der Waals surface area contributed by atoms with Crippen molar-refractivity contribution in [2.45, 2.75) is 26.3 Å². The van der Waals surface area contributed by atoms with Crippen molar-refractivity contribution in [2.24, 2.45) is 7.05 Å². The fourth-order valence-electron chi connectivity index (χ4n) is 1.63. The smallest absolute Gasteiger partial charge is 0.195 e. The molecule has 0 aliphatic rings. The van der Waals surface area contributed by atoms with Crippen LogP contribution in [0, 0.1) is 4.77 Å². The van der Waals surface area contributed by atoms with Crippen LogP contribution in [0.25, 0.3) is 0 Å². The summed E-state index contributed by atoms with van der Waals surface area (Å²) in [5.74, 6) is 1.31. The molecule has 5 nitrogen and oxygen atoms in total. The molecule has 0 spiro atoms. The Morgan fingerprint density at radius 3 is 2.81 bits per heavy atom. The first-order chi connectivity index (χ1) is 7.58. The zero-order valence-corrected chi connectivity index (χ0v) is 10.5. The predicted octanol–water partition coefficient (Wildman–Crippen LogP) is 1.85. The molecule has 0 fully saturated rings. The van der Waals surface area contributed by atoms with Crippen LogP contribution in [0.5, 0.6) is 0 Å². The van der Waals surface area contributed by atoms with E-state index in [9.17, 15) is 0 Å². The first-order valence-electron chi connectivity index (χ1n) is 5.21. The van der Waals surface area contributed by atoms with Gasteiger partial charge in [-0.2, -0.15) is 10.2 Å². The van der Waals surface area contributed by atoms with Gasteiger partial charge in [0, 0.05) is 19.2 Å². The van der Waals surface area contributed by atoms with Crippen molar-refractivity contribution in [3.8, 4) is 0 Å². The number of aromatic amines is 1. The standard InChI is InChI=1S/C10H15N5S/c1-7(2)9-11-12-10(16)15(9)6-8-4-5-14(3)13-8/h4-5,7H,6H2,1-3H3,(H,12,16). The van der Waals surface area contributed by atoms with Crippen molar-refractivity contribution in [3.05, 3.63) is 28.6 Å². The first kappa shape index (κ1) is 11.1. The third kappa shape index (κ3) is 2.06. The minimum absolute atomic E-state index is 0.344. The van der Waals surface area contributed by atoms with Crippen molar-refractivity contribution < 1.29 is 0 Å². The minimum Gasteiger partial charge on any atom is -0.298 e. The van der Waals surface area contributed by atoms with Gasteiger partial charge in [-0.15, -0.1) is 0 Å². The lowest BCUT2D eigenvalue weighted by atomic mass is 10.2. The number of aromatic nitrogens is 5. The second kappa shape index (κ2) is 4.21. The first-order valence-corrected chi connectivity index (χ1v) is 5.62. The molecule has 0 saturated carbocycles. The SMILES string of the molecule is CC(C)c1n[nH]c(=S)n1Cc1ccn(C)n1. The zero-order chi connectivity index (χ0) is 11.7. The highest BCUT2D eigenvalue weighted by Gasteiger charge is 2.11. The van der Waals surface area contributed by atoms with Crippen LogP contribution < -0.4 is 0 Å². The predicted molar refractivity (Wildman–Crippen MR) is 63.8 cm³/mol. The Morgan fingerprint density at radius 2 is 2.25 bits per heavy atom. The van der Waals surface area contributed by atoms with E-state index in [4.69, 9.17) is 12.2 Å². The monoisotopic (exact) mass is 237 g/mol. The van der Waals surface area contributed by atoms with Crippen LogP contribution in [0.15, 0.2) is 12.3 Å². The van der Waals surface area contributed by atoms with E-state index in [1.54, 1.807) is 4.68 Å². The third-order valence-electron chi connectivity index (χ3n) is 2.39. The molecular formula is C10H15N5S. The van der Waals surface area contributed by atoms with Crippen LogP contribution in [-0.2, 0) is 13.6 Å². The second-order valence-corrected chi connectivity index (χ2v) is 4.50. The van der Waals surface area contributed by atoms with Gasteiger partial charge in [0.2, 0.25) is 0 Å². The highest BCUT2D eigenvalue weighted by atomic mass is 32.1. The lowest BCUT2D eigenvalue weighted by Crippen LogP contribution is -2.07. The lowest BCUT2D eigenvalue weighted by Gasteiger charge is -2.06. The Labute approximate surface area is 99.1 Å². The Morgan fingerprint density at radius 1 is 1.50 bits per heavy atom. The molecule has 86 valence electrons. The van der Waals surface area contributed by atoms with Gasteiger partial charge in [0.25, 0.3) is 0 Å². The van der Waals surface area contributed by atoms with Crippen LogP contribution in [0.3, 0.4) is 0 Å². The molecule has 2 rings (SSSR count). The van der Waals surface area contributed by atoms with Gasteiger partial charge in [-0.05, 0) is 18.3 Å². The zero-order valence-electron chi connectivity index (χ0n) is 9.64. The summed E-state index contributed by atoms with van der Waals surface area (Å²) in [5.41, 5.74) is 0.988.